The Hall–Kier alpha value is -0.750. The van der Waals surface area contributed by atoms with E-state index in [1.807, 2.05) is 0 Å². The average Bonchev–Trinajstić information content (AvgIpc) is 2.68. The first-order valence-corrected chi connectivity index (χ1v) is 6.32. The summed E-state index contributed by atoms with van der Waals surface area (Å²) in [4.78, 5) is 0. The highest BCUT2D eigenvalue weighted by atomic mass is 35.5. The molecule has 0 saturated carbocycles. The molecule has 90 valence electrons. The molecule has 0 fully saturated rings. The Bertz CT molecular complexity index is 546. The lowest BCUT2D eigenvalue weighted by atomic mass is 10.3. The molecule has 0 bridgehead atoms. The molecule has 0 radical (unpaired) electrons. The van der Waals surface area contributed by atoms with Crippen molar-refractivity contribution in [1.82, 2.24) is 9.59 Å². The summed E-state index contributed by atoms with van der Waals surface area (Å²) in [6, 6.07) is 3.06. The second-order valence-electron chi connectivity index (χ2n) is 3.07. The van der Waals surface area contributed by atoms with Crippen molar-refractivity contribution >= 4 is 51.3 Å². The van der Waals surface area contributed by atoms with Crippen LogP contribution in [0.25, 0.3) is 0 Å². The second-order valence-corrected chi connectivity index (χ2v) is 5.08. The monoisotopic (exact) mass is 309 g/mol. The molecule has 2 rings (SSSR count). The van der Waals surface area contributed by atoms with Gasteiger partial charge in [0, 0.05) is 17.6 Å². The Morgan fingerprint density at radius 2 is 1.88 bits per heavy atom. The molecule has 2 aromatic rings. The highest BCUT2D eigenvalue weighted by Gasteiger charge is 2.10. The van der Waals surface area contributed by atoms with E-state index in [-0.39, 0.29) is 6.61 Å². The first-order chi connectivity index (χ1) is 8.08. The van der Waals surface area contributed by atoms with Crippen LogP contribution in [0.3, 0.4) is 0 Å². The smallest absolute Gasteiger partial charge is 0.140 e. The van der Waals surface area contributed by atoms with E-state index in [1.54, 1.807) is 6.07 Å². The molecule has 1 aromatic carbocycles. The average molecular weight is 311 g/mol. The van der Waals surface area contributed by atoms with Gasteiger partial charge in [-0.25, -0.2) is 0 Å². The number of nitrogens with two attached hydrogens (primary N) is 1. The molecule has 0 aliphatic rings. The summed E-state index contributed by atoms with van der Waals surface area (Å²) >= 11 is 18.7. The molecule has 1 heterocycles. The van der Waals surface area contributed by atoms with Crippen molar-refractivity contribution in [2.24, 2.45) is 0 Å². The molecule has 0 aliphatic carbocycles. The summed E-state index contributed by atoms with van der Waals surface area (Å²) in [5.74, 6) is 0.425. The molecular weight excluding hydrogens is 305 g/mol. The van der Waals surface area contributed by atoms with Gasteiger partial charge >= 0.3 is 0 Å². The molecule has 4 nitrogen and oxygen atoms in total. The molecule has 0 spiro atoms. The van der Waals surface area contributed by atoms with Crippen LogP contribution in [-0.2, 0) is 6.61 Å². The summed E-state index contributed by atoms with van der Waals surface area (Å²) in [6.45, 7) is 0.181. The molecule has 1 aromatic heterocycles. The van der Waals surface area contributed by atoms with E-state index in [1.165, 1.54) is 6.07 Å². The number of ether oxygens (including phenoxy) is 1. The van der Waals surface area contributed by atoms with Crippen molar-refractivity contribution in [2.45, 2.75) is 6.61 Å². The van der Waals surface area contributed by atoms with Crippen LogP contribution in [0.15, 0.2) is 12.1 Å². The largest absolute Gasteiger partial charge is 0.485 e. The van der Waals surface area contributed by atoms with E-state index < -0.39 is 0 Å². The van der Waals surface area contributed by atoms with Crippen LogP contribution in [0.5, 0.6) is 5.75 Å². The van der Waals surface area contributed by atoms with Crippen molar-refractivity contribution in [3.8, 4) is 5.75 Å². The van der Waals surface area contributed by atoms with Gasteiger partial charge in [0.05, 0.1) is 15.1 Å². The molecule has 2 N–H and O–H groups in total. The van der Waals surface area contributed by atoms with Crippen molar-refractivity contribution in [3.05, 3.63) is 32.9 Å². The van der Waals surface area contributed by atoms with Crippen LogP contribution >= 0.6 is 46.3 Å². The maximum atomic E-state index is 5.95. The lowest BCUT2D eigenvalue weighted by molar-refractivity contribution is 0.302. The maximum Gasteiger partial charge on any atom is 0.140 e. The number of nitrogens with zero attached hydrogens (tertiary/aromatic N) is 2. The summed E-state index contributed by atoms with van der Waals surface area (Å²) in [6.07, 6.45) is 0. The Balaban J connectivity index is 2.14. The van der Waals surface area contributed by atoms with Gasteiger partial charge in [-0.2, -0.15) is 0 Å². The van der Waals surface area contributed by atoms with E-state index in [2.05, 4.69) is 9.59 Å². The number of aromatic nitrogens is 2. The quantitative estimate of drug-likeness (QED) is 0.879. The summed E-state index contributed by atoms with van der Waals surface area (Å²) < 4.78 is 9.14. The number of hydrogen-bond acceptors (Lipinski definition) is 5. The van der Waals surface area contributed by atoms with Crippen LogP contribution in [0.1, 0.15) is 5.69 Å². The Labute approximate surface area is 116 Å². The van der Waals surface area contributed by atoms with Gasteiger partial charge in [-0.1, -0.05) is 39.3 Å². The number of rotatable bonds is 3. The molecule has 0 saturated heterocycles. The predicted octanol–water partition coefficient (Wildman–Crippen LogP) is 3.66. The Morgan fingerprint density at radius 3 is 2.53 bits per heavy atom. The first-order valence-electron chi connectivity index (χ1n) is 4.42. The number of benzene rings is 1. The second kappa shape index (κ2) is 5.27. The molecule has 0 amide bonds. The summed E-state index contributed by atoms with van der Waals surface area (Å²) in [5.41, 5.74) is 6.20. The Kier molecular flexibility index (Phi) is 3.93. The zero-order chi connectivity index (χ0) is 12.4. The normalized spacial score (nSPS) is 10.5. The lowest BCUT2D eigenvalue weighted by Crippen LogP contribution is -1.99. The third-order valence-electron chi connectivity index (χ3n) is 1.92. The van der Waals surface area contributed by atoms with Crippen molar-refractivity contribution in [1.29, 1.82) is 0 Å². The van der Waals surface area contributed by atoms with E-state index in [0.29, 0.717) is 31.5 Å². The van der Waals surface area contributed by atoms with Gasteiger partial charge in [0.2, 0.25) is 0 Å². The number of anilines is 1. The zero-order valence-electron chi connectivity index (χ0n) is 8.28. The van der Waals surface area contributed by atoms with Crippen LogP contribution in [0, 0.1) is 0 Å². The topological polar surface area (TPSA) is 61.0 Å². The molecule has 8 heteroatoms. The predicted molar refractivity (Wildman–Crippen MR) is 70.1 cm³/mol. The number of halogens is 3. The highest BCUT2D eigenvalue weighted by molar-refractivity contribution is 7.09. The SMILES string of the molecule is Nc1snnc1COc1cc(Cl)c(Cl)cc1Cl. The third-order valence-corrected chi connectivity index (χ3v) is 3.54. The minimum atomic E-state index is 0.181. The molecule has 0 unspecified atom stereocenters. The standard InChI is InChI=1S/C9H6Cl3N3OS/c10-4-1-6(12)8(2-5(4)11)16-3-7-9(13)17-15-14-7/h1-2H,3,13H2. The van der Waals surface area contributed by atoms with Crippen molar-refractivity contribution in [2.75, 3.05) is 5.73 Å². The third kappa shape index (κ3) is 2.93. The van der Waals surface area contributed by atoms with Gasteiger partial charge in [-0.05, 0) is 6.07 Å². The lowest BCUT2D eigenvalue weighted by Gasteiger charge is -2.08. The highest BCUT2D eigenvalue weighted by Crippen LogP contribution is 2.34. The minimum absolute atomic E-state index is 0.181. The van der Waals surface area contributed by atoms with Gasteiger partial charge in [0.25, 0.3) is 0 Å². The van der Waals surface area contributed by atoms with E-state index in [9.17, 15) is 0 Å². The minimum Gasteiger partial charge on any atom is -0.485 e. The maximum absolute atomic E-state index is 5.95. The molecule has 0 atom stereocenters. The van der Waals surface area contributed by atoms with Gasteiger partial charge in [-0.3, -0.25) is 0 Å². The van der Waals surface area contributed by atoms with Gasteiger partial charge in [-0.15, -0.1) is 5.10 Å². The molecule has 17 heavy (non-hydrogen) atoms. The van der Waals surface area contributed by atoms with E-state index in [0.717, 1.165) is 11.5 Å². The van der Waals surface area contributed by atoms with Gasteiger partial charge in [0.1, 0.15) is 23.1 Å². The number of nitrogen functional groups attached to an aromatic ring is 1. The van der Waals surface area contributed by atoms with E-state index >= 15 is 0 Å². The van der Waals surface area contributed by atoms with Crippen LogP contribution in [0.4, 0.5) is 5.00 Å². The Morgan fingerprint density at radius 1 is 1.18 bits per heavy atom. The summed E-state index contributed by atoms with van der Waals surface area (Å²) in [7, 11) is 0. The molecular formula is C9H6Cl3N3OS. The fraction of sp³-hybridized carbons (Fsp3) is 0.111. The van der Waals surface area contributed by atoms with Crippen LogP contribution < -0.4 is 10.5 Å². The van der Waals surface area contributed by atoms with Crippen molar-refractivity contribution in [3.63, 3.8) is 0 Å². The zero-order valence-corrected chi connectivity index (χ0v) is 11.4. The fourth-order valence-corrected chi connectivity index (χ4v) is 2.10. The van der Waals surface area contributed by atoms with Crippen LogP contribution in [0.2, 0.25) is 15.1 Å². The van der Waals surface area contributed by atoms with Crippen LogP contribution in [-0.4, -0.2) is 9.59 Å². The van der Waals surface area contributed by atoms with Gasteiger partial charge < -0.3 is 10.5 Å². The van der Waals surface area contributed by atoms with Gasteiger partial charge in [0.15, 0.2) is 0 Å². The fourth-order valence-electron chi connectivity index (χ4n) is 1.08. The molecule has 0 aliphatic heterocycles. The van der Waals surface area contributed by atoms with Crippen molar-refractivity contribution < 1.29 is 4.74 Å². The number of hydrogen-bond donors (Lipinski definition) is 1. The van der Waals surface area contributed by atoms with E-state index in [4.69, 9.17) is 45.3 Å². The summed E-state index contributed by atoms with van der Waals surface area (Å²) in [5, 5.41) is 5.45. The first kappa shape index (κ1) is 12.7.